The maximum absolute atomic E-state index is 13.5. The van der Waals surface area contributed by atoms with Crippen LogP contribution >= 0.6 is 11.8 Å². The summed E-state index contributed by atoms with van der Waals surface area (Å²) in [6, 6.07) is 21.2. The normalized spacial score (nSPS) is 15.4. The van der Waals surface area contributed by atoms with Gasteiger partial charge in [0.1, 0.15) is 22.9 Å². The van der Waals surface area contributed by atoms with E-state index < -0.39 is 0 Å². The summed E-state index contributed by atoms with van der Waals surface area (Å²) >= 11 is 1.36. The van der Waals surface area contributed by atoms with Crippen LogP contribution < -0.4 is 4.74 Å². The SMILES string of the molecule is COc1ccc(C2=NN(C(=O)CSc3ncnc4ccccc34)[C@H](c3ccc(F)cc3)C2)cc1. The highest BCUT2D eigenvalue weighted by atomic mass is 32.2. The van der Waals surface area contributed by atoms with Gasteiger partial charge >= 0.3 is 0 Å². The van der Waals surface area contributed by atoms with Gasteiger partial charge in [0.2, 0.25) is 0 Å². The molecular formula is C26H21FN4O2S. The van der Waals surface area contributed by atoms with E-state index in [1.807, 2.05) is 48.5 Å². The van der Waals surface area contributed by atoms with Crippen molar-refractivity contribution in [3.8, 4) is 5.75 Å². The van der Waals surface area contributed by atoms with Crippen molar-refractivity contribution in [1.82, 2.24) is 15.0 Å². The van der Waals surface area contributed by atoms with Crippen molar-refractivity contribution in [2.75, 3.05) is 12.9 Å². The molecule has 0 saturated carbocycles. The van der Waals surface area contributed by atoms with Gasteiger partial charge in [0.15, 0.2) is 0 Å². The molecule has 1 aromatic heterocycles. The highest BCUT2D eigenvalue weighted by Gasteiger charge is 2.33. The predicted octanol–water partition coefficient (Wildman–Crippen LogP) is 5.25. The number of hydrogen-bond acceptors (Lipinski definition) is 6. The molecule has 2 heterocycles. The molecule has 1 atom stereocenters. The van der Waals surface area contributed by atoms with Crippen molar-refractivity contribution < 1.29 is 13.9 Å². The van der Waals surface area contributed by atoms with Crippen LogP contribution in [0.5, 0.6) is 5.75 Å². The second-order valence-corrected chi connectivity index (χ2v) is 8.73. The fraction of sp³-hybridized carbons (Fsp3) is 0.154. The summed E-state index contributed by atoms with van der Waals surface area (Å²) in [5, 5.41) is 7.86. The lowest BCUT2D eigenvalue weighted by Crippen LogP contribution is -2.28. The van der Waals surface area contributed by atoms with Gasteiger partial charge in [-0.15, -0.1) is 0 Å². The maximum atomic E-state index is 13.5. The molecule has 34 heavy (non-hydrogen) atoms. The Morgan fingerprint density at radius 1 is 1.06 bits per heavy atom. The fourth-order valence-corrected chi connectivity index (χ4v) is 4.78. The standard InChI is InChI=1S/C26H21FN4O2S/c1-33-20-12-8-17(9-13-20)23-14-24(18-6-10-19(27)11-7-18)31(30-23)25(32)15-34-26-21-4-2-3-5-22(21)28-16-29-26/h2-13,16,24H,14-15H2,1H3/t24-/m0/s1. The topological polar surface area (TPSA) is 67.7 Å². The Bertz CT molecular complexity index is 1350. The molecule has 170 valence electrons. The average molecular weight is 473 g/mol. The van der Waals surface area contributed by atoms with Crippen LogP contribution in [0, 0.1) is 5.82 Å². The number of carbonyl (C=O) groups is 1. The zero-order chi connectivity index (χ0) is 23.5. The predicted molar refractivity (Wildman–Crippen MR) is 130 cm³/mol. The van der Waals surface area contributed by atoms with E-state index in [9.17, 15) is 9.18 Å². The summed E-state index contributed by atoms with van der Waals surface area (Å²) in [7, 11) is 1.62. The van der Waals surface area contributed by atoms with Crippen LogP contribution in [0.2, 0.25) is 0 Å². The molecule has 0 saturated heterocycles. The third-order valence-electron chi connectivity index (χ3n) is 5.68. The third kappa shape index (κ3) is 4.49. The summed E-state index contributed by atoms with van der Waals surface area (Å²) in [4.78, 5) is 22.0. The van der Waals surface area contributed by atoms with Gasteiger partial charge in [0.25, 0.3) is 5.91 Å². The van der Waals surface area contributed by atoms with E-state index in [1.165, 1.54) is 35.2 Å². The number of ether oxygens (including phenoxy) is 1. The molecule has 1 amide bonds. The molecule has 1 aliphatic heterocycles. The molecule has 0 aliphatic carbocycles. The molecule has 0 unspecified atom stereocenters. The molecule has 0 N–H and O–H groups in total. The van der Waals surface area contributed by atoms with Crippen LogP contribution in [0.3, 0.4) is 0 Å². The van der Waals surface area contributed by atoms with E-state index in [1.54, 1.807) is 19.2 Å². The minimum Gasteiger partial charge on any atom is -0.497 e. The number of carbonyl (C=O) groups excluding carboxylic acids is 1. The summed E-state index contributed by atoms with van der Waals surface area (Å²) < 4.78 is 18.8. The van der Waals surface area contributed by atoms with Gasteiger partial charge in [0, 0.05) is 11.8 Å². The van der Waals surface area contributed by atoms with E-state index >= 15 is 0 Å². The smallest absolute Gasteiger partial charge is 0.253 e. The molecular weight excluding hydrogens is 451 g/mol. The molecule has 8 heteroatoms. The van der Waals surface area contributed by atoms with E-state index in [0.29, 0.717) is 6.42 Å². The number of benzene rings is 3. The summed E-state index contributed by atoms with van der Waals surface area (Å²) in [5.41, 5.74) is 3.37. The number of nitrogens with zero attached hydrogens (tertiary/aromatic N) is 4. The van der Waals surface area contributed by atoms with Crippen LogP contribution in [-0.2, 0) is 4.79 Å². The van der Waals surface area contributed by atoms with Crippen LogP contribution in [-0.4, -0.2) is 39.5 Å². The second-order valence-electron chi connectivity index (χ2n) is 7.77. The van der Waals surface area contributed by atoms with Crippen molar-refractivity contribution in [3.63, 3.8) is 0 Å². The lowest BCUT2D eigenvalue weighted by molar-refractivity contribution is -0.130. The Morgan fingerprint density at radius 2 is 1.82 bits per heavy atom. The van der Waals surface area contributed by atoms with Crippen molar-refractivity contribution in [2.45, 2.75) is 17.5 Å². The molecule has 6 nitrogen and oxygen atoms in total. The van der Waals surface area contributed by atoms with Gasteiger partial charge in [0.05, 0.1) is 30.1 Å². The molecule has 5 rings (SSSR count). The zero-order valence-corrected chi connectivity index (χ0v) is 19.2. The maximum Gasteiger partial charge on any atom is 0.253 e. The Hall–Kier alpha value is -3.78. The number of rotatable bonds is 6. The molecule has 0 fully saturated rings. The summed E-state index contributed by atoms with van der Waals surface area (Å²) in [5.74, 6) is 0.449. The first kappa shape index (κ1) is 22.0. The summed E-state index contributed by atoms with van der Waals surface area (Å²) in [6.45, 7) is 0. The highest BCUT2D eigenvalue weighted by molar-refractivity contribution is 8.00. The highest BCUT2D eigenvalue weighted by Crippen LogP contribution is 2.34. The average Bonchev–Trinajstić information content (AvgIpc) is 3.33. The van der Waals surface area contributed by atoms with Crippen LogP contribution in [0.1, 0.15) is 23.6 Å². The van der Waals surface area contributed by atoms with Gasteiger partial charge in [-0.3, -0.25) is 4.79 Å². The quantitative estimate of drug-likeness (QED) is 0.283. The first-order chi connectivity index (χ1) is 16.6. The van der Waals surface area contributed by atoms with Gasteiger partial charge < -0.3 is 4.74 Å². The van der Waals surface area contributed by atoms with E-state index in [2.05, 4.69) is 15.1 Å². The van der Waals surface area contributed by atoms with Crippen molar-refractivity contribution >= 4 is 34.3 Å². The summed E-state index contributed by atoms with van der Waals surface area (Å²) in [6.07, 6.45) is 2.04. The molecule has 0 radical (unpaired) electrons. The van der Waals surface area contributed by atoms with Crippen LogP contribution in [0.15, 0.2) is 89.3 Å². The van der Waals surface area contributed by atoms with E-state index in [4.69, 9.17) is 4.74 Å². The Morgan fingerprint density at radius 3 is 2.59 bits per heavy atom. The number of halogens is 1. The molecule has 4 aromatic rings. The Labute approximate surface area is 200 Å². The van der Waals surface area contributed by atoms with Gasteiger partial charge in [-0.25, -0.2) is 19.4 Å². The first-order valence-electron chi connectivity index (χ1n) is 10.7. The number of fused-ring (bicyclic) bond motifs is 1. The largest absolute Gasteiger partial charge is 0.497 e. The molecule has 0 bridgehead atoms. The van der Waals surface area contributed by atoms with Crippen molar-refractivity contribution in [3.05, 3.63) is 96.1 Å². The number of amides is 1. The fourth-order valence-electron chi connectivity index (χ4n) is 3.93. The molecule has 1 aliphatic rings. The van der Waals surface area contributed by atoms with Gasteiger partial charge in [-0.1, -0.05) is 42.1 Å². The minimum atomic E-state index is -0.317. The Kier molecular flexibility index (Phi) is 6.22. The van der Waals surface area contributed by atoms with Crippen molar-refractivity contribution in [2.24, 2.45) is 5.10 Å². The number of thioether (sulfide) groups is 1. The van der Waals surface area contributed by atoms with Gasteiger partial charge in [-0.05, 0) is 53.6 Å². The zero-order valence-electron chi connectivity index (χ0n) is 18.4. The molecule has 0 spiro atoms. The van der Waals surface area contributed by atoms with E-state index in [-0.39, 0.29) is 23.5 Å². The first-order valence-corrected chi connectivity index (χ1v) is 11.7. The van der Waals surface area contributed by atoms with Crippen LogP contribution in [0.25, 0.3) is 10.9 Å². The van der Waals surface area contributed by atoms with Gasteiger partial charge in [-0.2, -0.15) is 5.10 Å². The minimum absolute atomic E-state index is 0.148. The number of hydrazone groups is 1. The molecule has 3 aromatic carbocycles. The van der Waals surface area contributed by atoms with Crippen LogP contribution in [0.4, 0.5) is 4.39 Å². The number of aromatic nitrogens is 2. The van der Waals surface area contributed by atoms with E-state index in [0.717, 1.165) is 38.5 Å². The third-order valence-corrected chi connectivity index (χ3v) is 6.67. The lowest BCUT2D eigenvalue weighted by atomic mass is 9.98. The van der Waals surface area contributed by atoms with Crippen molar-refractivity contribution in [1.29, 1.82) is 0 Å². The second kappa shape index (κ2) is 9.61. The number of para-hydroxylation sites is 1. The Balaban J connectivity index is 1.41. The monoisotopic (exact) mass is 472 g/mol. The number of methoxy groups -OCH3 is 1. The number of hydrogen-bond donors (Lipinski definition) is 0. The lowest BCUT2D eigenvalue weighted by Gasteiger charge is -2.22.